The largest absolute Gasteiger partial charge is 0.495 e. The monoisotopic (exact) mass is 372 g/mol. The topological polar surface area (TPSA) is 86.6 Å². The number of aryl methyl sites for hydroxylation is 1. The summed E-state index contributed by atoms with van der Waals surface area (Å²) >= 11 is 5.98. The van der Waals surface area contributed by atoms with E-state index >= 15 is 0 Å². The minimum Gasteiger partial charge on any atom is -0.495 e. The average molecular weight is 373 g/mol. The Morgan fingerprint density at radius 2 is 2.04 bits per heavy atom. The minimum absolute atomic E-state index is 0.0556. The van der Waals surface area contributed by atoms with Crippen LogP contribution >= 0.6 is 11.6 Å². The van der Waals surface area contributed by atoms with E-state index in [1.165, 1.54) is 36.1 Å². The normalized spacial score (nSPS) is 11.2. The fourth-order valence-electron chi connectivity index (χ4n) is 2.03. The van der Waals surface area contributed by atoms with E-state index < -0.39 is 16.0 Å². The highest BCUT2D eigenvalue weighted by Gasteiger charge is 2.21. The second-order valence-corrected chi connectivity index (χ2v) is 6.94. The first-order valence-corrected chi connectivity index (χ1v) is 8.84. The van der Waals surface area contributed by atoms with Crippen LogP contribution < -0.4 is 9.46 Å². The lowest BCUT2D eigenvalue weighted by atomic mass is 10.3. The van der Waals surface area contributed by atoms with Gasteiger partial charge in [0.25, 0.3) is 10.0 Å². The van der Waals surface area contributed by atoms with Crippen LogP contribution in [0, 0.1) is 0 Å². The third kappa shape index (κ3) is 3.82. The second kappa shape index (κ2) is 7.14. The molecule has 0 radical (unpaired) electrons. The average Bonchev–Trinajstić information content (AvgIpc) is 2.90. The zero-order valence-corrected chi connectivity index (χ0v) is 14.9. The molecule has 7 nitrogen and oxygen atoms in total. The van der Waals surface area contributed by atoms with Gasteiger partial charge < -0.3 is 14.0 Å². The Balaban J connectivity index is 2.29. The number of methoxy groups -OCH3 is 1. The van der Waals surface area contributed by atoms with Crippen molar-refractivity contribution < 1.29 is 22.7 Å². The highest BCUT2D eigenvalue weighted by atomic mass is 35.5. The van der Waals surface area contributed by atoms with Crippen molar-refractivity contribution in [2.24, 2.45) is 7.05 Å². The summed E-state index contributed by atoms with van der Waals surface area (Å²) in [5.41, 5.74) is 0.423. The number of nitrogens with zero attached hydrogens (tertiary/aromatic N) is 1. The maximum absolute atomic E-state index is 12.5. The second-order valence-electron chi connectivity index (χ2n) is 4.85. The first-order valence-electron chi connectivity index (χ1n) is 6.98. The van der Waals surface area contributed by atoms with Gasteiger partial charge in [0.2, 0.25) is 0 Å². The Morgan fingerprint density at radius 3 is 2.62 bits per heavy atom. The number of esters is 1. The van der Waals surface area contributed by atoms with Crippen LogP contribution in [0.1, 0.15) is 17.4 Å². The van der Waals surface area contributed by atoms with Crippen molar-refractivity contribution in [3.63, 3.8) is 0 Å². The highest BCUT2D eigenvalue weighted by Crippen LogP contribution is 2.28. The standard InChI is InChI=1S/C15H17ClN2O5S/c1-4-23-15(19)13-8-11(9-18(13)2)24(20,21)17-10-5-6-14(22-3)12(16)7-10/h5-9,17H,4H2,1-3H3. The van der Waals surface area contributed by atoms with E-state index in [1.54, 1.807) is 20.0 Å². The number of sulfonamides is 1. The lowest BCUT2D eigenvalue weighted by Gasteiger charge is -2.08. The number of rotatable bonds is 6. The van der Waals surface area contributed by atoms with Gasteiger partial charge in [0, 0.05) is 13.2 Å². The van der Waals surface area contributed by atoms with Gasteiger partial charge in [0.15, 0.2) is 0 Å². The van der Waals surface area contributed by atoms with Crippen molar-refractivity contribution in [3.05, 3.63) is 41.2 Å². The van der Waals surface area contributed by atoms with Gasteiger partial charge in [0.1, 0.15) is 16.3 Å². The Bertz CT molecular complexity index is 861. The number of carbonyl (C=O) groups is 1. The van der Waals surface area contributed by atoms with Crippen LogP contribution in [0.2, 0.25) is 5.02 Å². The Kier molecular flexibility index (Phi) is 5.40. The lowest BCUT2D eigenvalue weighted by molar-refractivity contribution is 0.0515. The van der Waals surface area contributed by atoms with E-state index in [1.807, 2.05) is 0 Å². The van der Waals surface area contributed by atoms with Gasteiger partial charge in [-0.2, -0.15) is 0 Å². The molecular weight excluding hydrogens is 356 g/mol. The molecule has 0 aliphatic heterocycles. The molecule has 0 spiro atoms. The Morgan fingerprint density at radius 1 is 1.33 bits per heavy atom. The number of benzene rings is 1. The third-order valence-electron chi connectivity index (χ3n) is 3.18. The van der Waals surface area contributed by atoms with E-state index in [4.69, 9.17) is 21.1 Å². The molecule has 2 aromatic rings. The van der Waals surface area contributed by atoms with Gasteiger partial charge in [-0.25, -0.2) is 13.2 Å². The molecule has 1 aromatic heterocycles. The molecule has 9 heteroatoms. The molecule has 0 atom stereocenters. The Hall–Kier alpha value is -2.19. The molecule has 0 amide bonds. The maximum Gasteiger partial charge on any atom is 0.354 e. The fraction of sp³-hybridized carbons (Fsp3) is 0.267. The molecule has 1 N–H and O–H groups in total. The van der Waals surface area contributed by atoms with Crippen LogP contribution in [0.3, 0.4) is 0 Å². The van der Waals surface area contributed by atoms with Crippen LogP contribution in [0.25, 0.3) is 0 Å². The summed E-state index contributed by atoms with van der Waals surface area (Å²) in [5, 5.41) is 0.276. The third-order valence-corrected chi connectivity index (χ3v) is 4.82. The molecule has 1 heterocycles. The number of carbonyl (C=O) groups excluding carboxylic acids is 1. The lowest BCUT2D eigenvalue weighted by Crippen LogP contribution is -2.12. The molecule has 0 saturated carbocycles. The molecule has 0 unspecified atom stereocenters. The van der Waals surface area contributed by atoms with E-state index in [9.17, 15) is 13.2 Å². The zero-order chi connectivity index (χ0) is 17.9. The van der Waals surface area contributed by atoms with Gasteiger partial charge in [-0.3, -0.25) is 4.72 Å². The maximum atomic E-state index is 12.5. The van der Waals surface area contributed by atoms with Crippen molar-refractivity contribution in [2.75, 3.05) is 18.4 Å². The molecule has 130 valence electrons. The van der Waals surface area contributed by atoms with Crippen LogP contribution in [0.5, 0.6) is 5.75 Å². The molecule has 0 aliphatic rings. The van der Waals surface area contributed by atoms with Gasteiger partial charge >= 0.3 is 5.97 Å². The van der Waals surface area contributed by atoms with Gasteiger partial charge in [-0.15, -0.1) is 0 Å². The number of ether oxygens (including phenoxy) is 2. The summed E-state index contributed by atoms with van der Waals surface area (Å²) in [6.45, 7) is 1.88. The number of anilines is 1. The minimum atomic E-state index is -3.88. The van der Waals surface area contributed by atoms with E-state index in [2.05, 4.69) is 4.72 Å². The number of hydrogen-bond donors (Lipinski definition) is 1. The van der Waals surface area contributed by atoms with Crippen molar-refractivity contribution in [3.8, 4) is 5.75 Å². The molecule has 24 heavy (non-hydrogen) atoms. The summed E-state index contributed by atoms with van der Waals surface area (Å²) in [4.78, 5) is 11.7. The van der Waals surface area contributed by atoms with Gasteiger partial charge in [-0.05, 0) is 31.2 Å². The molecule has 1 aromatic carbocycles. The van der Waals surface area contributed by atoms with Crippen LogP contribution in [-0.2, 0) is 21.8 Å². The molecule has 0 fully saturated rings. The molecule has 0 bridgehead atoms. The number of halogens is 1. The van der Waals surface area contributed by atoms with E-state index in [-0.39, 0.29) is 27.9 Å². The number of aromatic nitrogens is 1. The van der Waals surface area contributed by atoms with Crippen LogP contribution in [-0.4, -0.2) is 32.7 Å². The SMILES string of the molecule is CCOC(=O)c1cc(S(=O)(=O)Nc2ccc(OC)c(Cl)c2)cn1C. The summed E-state index contributed by atoms with van der Waals surface area (Å²) in [6, 6.07) is 5.77. The van der Waals surface area contributed by atoms with Gasteiger partial charge in [-0.1, -0.05) is 11.6 Å². The summed E-state index contributed by atoms with van der Waals surface area (Å²) in [7, 11) is -0.849. The first kappa shape index (κ1) is 18.2. The number of hydrogen-bond acceptors (Lipinski definition) is 5. The van der Waals surface area contributed by atoms with Crippen molar-refractivity contribution in [1.29, 1.82) is 0 Å². The Labute approximate surface area is 145 Å². The van der Waals surface area contributed by atoms with E-state index in [0.29, 0.717) is 5.75 Å². The van der Waals surface area contributed by atoms with Crippen molar-refractivity contribution >= 4 is 33.3 Å². The molecule has 2 rings (SSSR count). The smallest absolute Gasteiger partial charge is 0.354 e. The van der Waals surface area contributed by atoms with E-state index in [0.717, 1.165) is 0 Å². The van der Waals surface area contributed by atoms with Crippen LogP contribution in [0.4, 0.5) is 5.69 Å². The van der Waals surface area contributed by atoms with Crippen LogP contribution in [0.15, 0.2) is 35.4 Å². The van der Waals surface area contributed by atoms with Crippen molar-refractivity contribution in [1.82, 2.24) is 4.57 Å². The quantitative estimate of drug-likeness (QED) is 0.788. The summed E-state index contributed by atoms with van der Waals surface area (Å²) < 4.78 is 38.6. The summed E-state index contributed by atoms with van der Waals surface area (Å²) in [5.74, 6) is -0.155. The van der Waals surface area contributed by atoms with Crippen molar-refractivity contribution in [2.45, 2.75) is 11.8 Å². The molecule has 0 saturated heterocycles. The first-order chi connectivity index (χ1) is 11.3. The predicted molar refractivity (Wildman–Crippen MR) is 90.2 cm³/mol. The molecular formula is C15H17ClN2O5S. The molecule has 0 aliphatic carbocycles. The zero-order valence-electron chi connectivity index (χ0n) is 13.4. The van der Waals surface area contributed by atoms with Gasteiger partial charge in [0.05, 0.1) is 24.4 Å². The number of nitrogens with one attached hydrogen (secondary N) is 1. The highest BCUT2D eigenvalue weighted by molar-refractivity contribution is 7.92. The summed E-state index contributed by atoms with van der Waals surface area (Å²) in [6.07, 6.45) is 1.33. The predicted octanol–water partition coefficient (Wildman–Crippen LogP) is 2.66. The fourth-order valence-corrected chi connectivity index (χ4v) is 3.41.